The summed E-state index contributed by atoms with van der Waals surface area (Å²) in [6.07, 6.45) is 0.108. The van der Waals surface area contributed by atoms with E-state index >= 15 is 0 Å². The fourth-order valence-electron chi connectivity index (χ4n) is 1.29. The Morgan fingerprint density at radius 2 is 1.89 bits per heavy atom. The van der Waals surface area contributed by atoms with Crippen molar-refractivity contribution in [1.29, 1.82) is 0 Å². The molecule has 0 fully saturated rings. The van der Waals surface area contributed by atoms with Crippen LogP contribution in [-0.2, 0) is 14.8 Å². The van der Waals surface area contributed by atoms with E-state index in [9.17, 15) is 13.2 Å². The number of benzene rings is 1. The largest absolute Gasteiger partial charge is 0.480 e. The SMILES string of the molecule is CC[C@@H](NS(=O)(=O)c1c(Cl)cccc1Cl)C(=O)O. The molecule has 1 atom stereocenters. The fourth-order valence-corrected chi connectivity index (χ4v) is 3.71. The van der Waals surface area contributed by atoms with E-state index in [2.05, 4.69) is 0 Å². The molecule has 2 N–H and O–H groups in total. The maximum Gasteiger partial charge on any atom is 0.321 e. The van der Waals surface area contributed by atoms with Crippen LogP contribution in [0, 0.1) is 0 Å². The van der Waals surface area contributed by atoms with E-state index in [1.165, 1.54) is 18.2 Å². The van der Waals surface area contributed by atoms with Gasteiger partial charge in [-0.3, -0.25) is 4.79 Å². The minimum absolute atomic E-state index is 0.0600. The Morgan fingerprint density at radius 3 is 2.28 bits per heavy atom. The molecule has 0 amide bonds. The zero-order chi connectivity index (χ0) is 13.9. The molecule has 1 rings (SSSR count). The van der Waals surface area contributed by atoms with Crippen molar-refractivity contribution < 1.29 is 18.3 Å². The first-order valence-electron chi connectivity index (χ1n) is 4.98. The highest BCUT2D eigenvalue weighted by atomic mass is 35.5. The van der Waals surface area contributed by atoms with Crippen LogP contribution in [0.4, 0.5) is 0 Å². The first-order chi connectivity index (χ1) is 8.29. The average Bonchev–Trinajstić information content (AvgIpc) is 2.25. The lowest BCUT2D eigenvalue weighted by Crippen LogP contribution is -2.40. The van der Waals surface area contributed by atoms with Gasteiger partial charge in [0.05, 0.1) is 10.0 Å². The lowest BCUT2D eigenvalue weighted by atomic mass is 10.2. The molecule has 5 nitrogen and oxygen atoms in total. The van der Waals surface area contributed by atoms with Gasteiger partial charge in [0.15, 0.2) is 0 Å². The fraction of sp³-hybridized carbons (Fsp3) is 0.300. The van der Waals surface area contributed by atoms with Crippen LogP contribution in [0.1, 0.15) is 13.3 Å². The number of nitrogens with one attached hydrogen (secondary N) is 1. The number of carboxylic acids is 1. The molecule has 18 heavy (non-hydrogen) atoms. The van der Waals surface area contributed by atoms with E-state index in [-0.39, 0.29) is 21.4 Å². The molecule has 100 valence electrons. The van der Waals surface area contributed by atoms with Crippen molar-refractivity contribution in [2.45, 2.75) is 24.3 Å². The summed E-state index contributed by atoms with van der Waals surface area (Å²) in [4.78, 5) is 10.5. The van der Waals surface area contributed by atoms with Gasteiger partial charge in [-0.25, -0.2) is 8.42 Å². The summed E-state index contributed by atoms with van der Waals surface area (Å²) in [5.74, 6) is -1.26. The second-order valence-corrected chi connectivity index (χ2v) is 5.94. The molecule has 0 radical (unpaired) electrons. The molecule has 0 bridgehead atoms. The van der Waals surface area contributed by atoms with E-state index < -0.39 is 22.0 Å². The zero-order valence-electron chi connectivity index (χ0n) is 9.35. The smallest absolute Gasteiger partial charge is 0.321 e. The van der Waals surface area contributed by atoms with E-state index in [1.54, 1.807) is 6.92 Å². The normalized spacial score (nSPS) is 13.3. The standard InChI is InChI=1S/C10H11Cl2NO4S/c1-2-8(10(14)15)13-18(16,17)9-6(11)4-3-5-7(9)12/h3-5,8,13H,2H2,1H3,(H,14,15)/t8-/m1/s1. The molecule has 8 heteroatoms. The average molecular weight is 312 g/mol. The van der Waals surface area contributed by atoms with Gasteiger partial charge in [0.1, 0.15) is 10.9 Å². The summed E-state index contributed by atoms with van der Waals surface area (Å²) < 4.78 is 26.1. The third kappa shape index (κ3) is 3.35. The van der Waals surface area contributed by atoms with E-state index in [0.29, 0.717) is 0 Å². The number of hydrogen-bond acceptors (Lipinski definition) is 3. The van der Waals surface area contributed by atoms with Crippen molar-refractivity contribution in [2.75, 3.05) is 0 Å². The first kappa shape index (κ1) is 15.2. The maximum atomic E-state index is 12.0. The van der Waals surface area contributed by atoms with Crippen LogP contribution in [0.5, 0.6) is 0 Å². The van der Waals surface area contributed by atoms with Crippen molar-refractivity contribution in [3.8, 4) is 0 Å². The maximum absolute atomic E-state index is 12.0. The van der Waals surface area contributed by atoms with Crippen LogP contribution in [-0.4, -0.2) is 25.5 Å². The van der Waals surface area contributed by atoms with Crippen molar-refractivity contribution in [1.82, 2.24) is 4.72 Å². The van der Waals surface area contributed by atoms with Crippen molar-refractivity contribution >= 4 is 39.2 Å². The van der Waals surface area contributed by atoms with E-state index in [0.717, 1.165) is 0 Å². The topological polar surface area (TPSA) is 83.5 Å². The Bertz CT molecular complexity index is 539. The highest BCUT2D eigenvalue weighted by Gasteiger charge is 2.27. The summed E-state index contributed by atoms with van der Waals surface area (Å²) in [6.45, 7) is 1.55. The van der Waals surface area contributed by atoms with Crippen LogP contribution in [0.25, 0.3) is 0 Å². The van der Waals surface area contributed by atoms with Gasteiger partial charge in [0.25, 0.3) is 0 Å². The highest BCUT2D eigenvalue weighted by Crippen LogP contribution is 2.28. The Hall–Kier alpha value is -0.820. The number of rotatable bonds is 5. The zero-order valence-corrected chi connectivity index (χ0v) is 11.7. The summed E-state index contributed by atoms with van der Waals surface area (Å²) in [5, 5.41) is 8.71. The summed E-state index contributed by atoms with van der Waals surface area (Å²) in [5.41, 5.74) is 0. The molecule has 0 aliphatic heterocycles. The first-order valence-corrected chi connectivity index (χ1v) is 7.22. The number of aliphatic carboxylic acids is 1. The Kier molecular flexibility index (Phi) is 4.98. The van der Waals surface area contributed by atoms with Crippen LogP contribution >= 0.6 is 23.2 Å². The molecule has 0 aliphatic carbocycles. The third-order valence-corrected chi connectivity index (χ3v) is 4.62. The van der Waals surface area contributed by atoms with Gasteiger partial charge in [0.2, 0.25) is 10.0 Å². The van der Waals surface area contributed by atoms with Crippen molar-refractivity contribution in [2.24, 2.45) is 0 Å². The van der Waals surface area contributed by atoms with Crippen LogP contribution in [0.15, 0.2) is 23.1 Å². The van der Waals surface area contributed by atoms with Crippen molar-refractivity contribution in [3.63, 3.8) is 0 Å². The number of carboxylic acid groups (broad SMARTS) is 1. The van der Waals surface area contributed by atoms with Gasteiger partial charge < -0.3 is 5.11 Å². The molecular formula is C10H11Cl2NO4S. The molecule has 0 aromatic heterocycles. The predicted molar refractivity (Wildman–Crippen MR) is 68.5 cm³/mol. The van der Waals surface area contributed by atoms with Gasteiger partial charge >= 0.3 is 5.97 Å². The minimum atomic E-state index is -4.07. The molecule has 0 spiro atoms. The molecule has 1 aromatic carbocycles. The van der Waals surface area contributed by atoms with Crippen LogP contribution in [0.2, 0.25) is 10.0 Å². The second kappa shape index (κ2) is 5.88. The lowest BCUT2D eigenvalue weighted by Gasteiger charge is -2.14. The van der Waals surface area contributed by atoms with Gasteiger partial charge in [-0.2, -0.15) is 4.72 Å². The number of carbonyl (C=O) groups is 1. The monoisotopic (exact) mass is 311 g/mol. The molecular weight excluding hydrogens is 301 g/mol. The molecule has 0 aliphatic rings. The number of hydrogen-bond donors (Lipinski definition) is 2. The molecule has 0 unspecified atom stereocenters. The number of sulfonamides is 1. The lowest BCUT2D eigenvalue weighted by molar-refractivity contribution is -0.139. The van der Waals surface area contributed by atoms with Crippen molar-refractivity contribution in [3.05, 3.63) is 28.2 Å². The summed E-state index contributed by atoms with van der Waals surface area (Å²) in [6, 6.07) is 3.01. The Morgan fingerprint density at radius 1 is 1.39 bits per heavy atom. The summed E-state index contributed by atoms with van der Waals surface area (Å²) in [7, 11) is -4.07. The van der Waals surface area contributed by atoms with Gasteiger partial charge in [-0.1, -0.05) is 36.2 Å². The van der Waals surface area contributed by atoms with Crippen LogP contribution in [0.3, 0.4) is 0 Å². The Balaban J connectivity index is 3.19. The van der Waals surface area contributed by atoms with E-state index in [4.69, 9.17) is 28.3 Å². The number of halogens is 2. The molecule has 1 aromatic rings. The second-order valence-electron chi connectivity index (χ2n) is 3.47. The quantitative estimate of drug-likeness (QED) is 0.872. The molecule has 0 saturated heterocycles. The predicted octanol–water partition coefficient (Wildman–Crippen LogP) is 2.13. The summed E-state index contributed by atoms with van der Waals surface area (Å²) >= 11 is 11.5. The minimum Gasteiger partial charge on any atom is -0.480 e. The third-order valence-electron chi connectivity index (χ3n) is 2.19. The van der Waals surface area contributed by atoms with E-state index in [1.807, 2.05) is 4.72 Å². The van der Waals surface area contributed by atoms with Crippen LogP contribution < -0.4 is 4.72 Å². The Labute approximate surface area is 115 Å². The highest BCUT2D eigenvalue weighted by molar-refractivity contribution is 7.89. The van der Waals surface area contributed by atoms with Gasteiger partial charge in [-0.05, 0) is 18.6 Å². The molecule has 0 saturated carbocycles. The molecule has 0 heterocycles. The van der Waals surface area contributed by atoms with Gasteiger partial charge in [0, 0.05) is 0 Å². The van der Waals surface area contributed by atoms with Gasteiger partial charge in [-0.15, -0.1) is 0 Å².